The number of sulfone groups is 1. The van der Waals surface area contributed by atoms with Crippen molar-refractivity contribution in [2.75, 3.05) is 14.2 Å². The zero-order valence-corrected chi connectivity index (χ0v) is 16.6. The summed E-state index contributed by atoms with van der Waals surface area (Å²) in [5.74, 6) is -0.326. The first-order chi connectivity index (χ1) is 13.8. The zero-order valence-electron chi connectivity index (χ0n) is 15.8. The van der Waals surface area contributed by atoms with Crippen molar-refractivity contribution in [2.24, 2.45) is 0 Å². The van der Waals surface area contributed by atoms with Crippen LogP contribution in [0.3, 0.4) is 0 Å². The topological polar surface area (TPSA) is 103 Å². The molecule has 0 aliphatic carbocycles. The molecule has 1 aromatic heterocycles. The lowest BCUT2D eigenvalue weighted by Crippen LogP contribution is -2.06. The van der Waals surface area contributed by atoms with Crippen LogP contribution < -0.4 is 9.47 Å². The second-order valence-electron chi connectivity index (χ2n) is 6.21. The molecule has 0 saturated heterocycles. The lowest BCUT2D eigenvalue weighted by molar-refractivity contribution is -0.136. The van der Waals surface area contributed by atoms with E-state index in [2.05, 4.69) is 4.98 Å². The highest BCUT2D eigenvalue weighted by Gasteiger charge is 2.21. The van der Waals surface area contributed by atoms with Crippen LogP contribution in [0.25, 0.3) is 11.1 Å². The molecule has 3 aromatic rings. The Hall–Kier alpha value is -3.39. The highest BCUT2D eigenvalue weighted by molar-refractivity contribution is 7.91. The van der Waals surface area contributed by atoms with E-state index >= 15 is 0 Å². The molecule has 0 fully saturated rings. The van der Waals surface area contributed by atoms with Crippen LogP contribution in [0.4, 0.5) is 0 Å². The van der Waals surface area contributed by atoms with Crippen LogP contribution in [-0.4, -0.2) is 38.7 Å². The molecule has 0 unspecified atom stereocenters. The summed E-state index contributed by atoms with van der Waals surface area (Å²) in [6.45, 7) is 0. The van der Waals surface area contributed by atoms with E-state index in [-0.39, 0.29) is 22.0 Å². The van der Waals surface area contributed by atoms with Gasteiger partial charge >= 0.3 is 5.97 Å². The van der Waals surface area contributed by atoms with Gasteiger partial charge in [0.15, 0.2) is 0 Å². The third-order valence-corrected chi connectivity index (χ3v) is 6.00. The normalized spacial score (nSPS) is 11.1. The molecule has 0 aliphatic rings. The smallest absolute Gasteiger partial charge is 0.307 e. The van der Waals surface area contributed by atoms with Crippen molar-refractivity contribution in [1.29, 1.82) is 0 Å². The van der Waals surface area contributed by atoms with Gasteiger partial charge in [0, 0.05) is 17.8 Å². The van der Waals surface area contributed by atoms with E-state index < -0.39 is 15.8 Å². The number of ether oxygens (including phenoxy) is 2. The van der Waals surface area contributed by atoms with E-state index in [0.29, 0.717) is 17.0 Å². The number of nitrogens with zero attached hydrogens (tertiary/aromatic N) is 1. The average molecular weight is 413 g/mol. The second-order valence-corrected chi connectivity index (χ2v) is 8.16. The van der Waals surface area contributed by atoms with Crippen LogP contribution in [-0.2, 0) is 21.1 Å². The molecule has 0 bridgehead atoms. The zero-order chi connectivity index (χ0) is 21.0. The van der Waals surface area contributed by atoms with Crippen LogP contribution in [0.2, 0.25) is 0 Å². The van der Waals surface area contributed by atoms with Gasteiger partial charge in [-0.1, -0.05) is 12.1 Å². The maximum absolute atomic E-state index is 13.2. The molecular formula is C21H19NO6S. The molecule has 1 heterocycles. The van der Waals surface area contributed by atoms with E-state index in [1.807, 2.05) is 0 Å². The Balaban J connectivity index is 2.04. The SMILES string of the molecule is COc1cc(CC(=O)O)cc(S(=O)(=O)c2cccc(-c3ccc(OC)nc3)c2)c1. The van der Waals surface area contributed by atoms with Crippen LogP contribution in [0.5, 0.6) is 11.6 Å². The number of pyridine rings is 1. The minimum absolute atomic E-state index is 0.0295. The van der Waals surface area contributed by atoms with Crippen molar-refractivity contribution in [3.63, 3.8) is 0 Å². The Morgan fingerprint density at radius 1 is 0.966 bits per heavy atom. The lowest BCUT2D eigenvalue weighted by Gasteiger charge is -2.11. The third-order valence-electron chi connectivity index (χ3n) is 4.26. The predicted molar refractivity (Wildman–Crippen MR) is 106 cm³/mol. The first-order valence-corrected chi connectivity index (χ1v) is 10.1. The second kappa shape index (κ2) is 8.32. The van der Waals surface area contributed by atoms with Crippen molar-refractivity contribution in [1.82, 2.24) is 4.98 Å². The fraction of sp³-hybridized carbons (Fsp3) is 0.143. The number of carbonyl (C=O) groups is 1. The number of hydrogen-bond donors (Lipinski definition) is 1. The molecule has 3 rings (SSSR count). The van der Waals surface area contributed by atoms with Gasteiger partial charge in [-0.25, -0.2) is 13.4 Å². The molecule has 0 aliphatic heterocycles. The fourth-order valence-electron chi connectivity index (χ4n) is 2.83. The predicted octanol–water partition coefficient (Wildman–Crippen LogP) is 3.23. The van der Waals surface area contributed by atoms with Gasteiger partial charge in [-0.05, 0) is 47.5 Å². The van der Waals surface area contributed by atoms with Crippen LogP contribution >= 0.6 is 0 Å². The molecule has 0 saturated carbocycles. The minimum Gasteiger partial charge on any atom is -0.497 e. The van der Waals surface area contributed by atoms with Gasteiger partial charge in [0.1, 0.15) is 5.75 Å². The Morgan fingerprint density at radius 3 is 2.38 bits per heavy atom. The number of benzene rings is 2. The largest absolute Gasteiger partial charge is 0.497 e. The molecule has 0 atom stereocenters. The van der Waals surface area contributed by atoms with Crippen LogP contribution in [0.15, 0.2) is 70.6 Å². The Labute approximate surface area is 168 Å². The van der Waals surface area contributed by atoms with Gasteiger partial charge in [0.25, 0.3) is 0 Å². The lowest BCUT2D eigenvalue weighted by atomic mass is 10.1. The number of aliphatic carboxylic acids is 1. The summed E-state index contributed by atoms with van der Waals surface area (Å²) in [7, 11) is -0.979. The highest BCUT2D eigenvalue weighted by atomic mass is 32.2. The van der Waals surface area contributed by atoms with Crippen molar-refractivity contribution < 1.29 is 27.8 Å². The summed E-state index contributed by atoms with van der Waals surface area (Å²) in [6.07, 6.45) is 1.29. The molecule has 2 aromatic carbocycles. The summed E-state index contributed by atoms with van der Waals surface area (Å²) in [6, 6.07) is 14.2. The number of carboxylic acids is 1. The summed E-state index contributed by atoms with van der Waals surface area (Å²) in [4.78, 5) is 15.2. The van der Waals surface area contributed by atoms with Gasteiger partial charge in [0.05, 0.1) is 30.4 Å². The van der Waals surface area contributed by atoms with E-state index in [1.54, 1.807) is 36.5 Å². The third kappa shape index (κ3) is 4.55. The van der Waals surface area contributed by atoms with E-state index in [0.717, 1.165) is 5.56 Å². The van der Waals surface area contributed by atoms with E-state index in [1.165, 1.54) is 38.5 Å². The van der Waals surface area contributed by atoms with Crippen molar-refractivity contribution in [3.05, 3.63) is 66.4 Å². The number of aromatic nitrogens is 1. The van der Waals surface area contributed by atoms with Crippen LogP contribution in [0, 0.1) is 0 Å². The molecule has 0 radical (unpaired) electrons. The number of carboxylic acid groups (broad SMARTS) is 1. The average Bonchev–Trinajstić information content (AvgIpc) is 2.73. The maximum Gasteiger partial charge on any atom is 0.307 e. The quantitative estimate of drug-likeness (QED) is 0.634. The summed E-state index contributed by atoms with van der Waals surface area (Å²) in [5.41, 5.74) is 1.75. The number of methoxy groups -OCH3 is 2. The molecule has 1 N–H and O–H groups in total. The molecule has 29 heavy (non-hydrogen) atoms. The molecule has 7 nitrogen and oxygen atoms in total. The Morgan fingerprint density at radius 2 is 1.76 bits per heavy atom. The van der Waals surface area contributed by atoms with Gasteiger partial charge in [-0.3, -0.25) is 4.79 Å². The standard InChI is InChI=1S/C21H19NO6S/c1-27-17-8-14(10-21(23)24)9-19(12-17)29(25,26)18-5-3-4-15(11-18)16-6-7-20(28-2)22-13-16/h3-9,11-13H,10H2,1-2H3,(H,23,24). The molecule has 0 spiro atoms. The minimum atomic E-state index is -3.89. The van der Waals surface area contributed by atoms with E-state index in [4.69, 9.17) is 14.6 Å². The summed E-state index contributed by atoms with van der Waals surface area (Å²) in [5, 5.41) is 9.04. The molecular weight excluding hydrogens is 394 g/mol. The molecule has 150 valence electrons. The van der Waals surface area contributed by atoms with Crippen LogP contribution in [0.1, 0.15) is 5.56 Å². The van der Waals surface area contributed by atoms with Gasteiger partial charge in [0.2, 0.25) is 15.7 Å². The summed E-state index contributed by atoms with van der Waals surface area (Å²) < 4.78 is 36.6. The number of rotatable bonds is 7. The first-order valence-electron chi connectivity index (χ1n) is 8.59. The fourth-order valence-corrected chi connectivity index (χ4v) is 4.22. The highest BCUT2D eigenvalue weighted by Crippen LogP contribution is 2.29. The molecule has 8 heteroatoms. The van der Waals surface area contributed by atoms with Gasteiger partial charge < -0.3 is 14.6 Å². The summed E-state index contributed by atoms with van der Waals surface area (Å²) >= 11 is 0. The monoisotopic (exact) mass is 413 g/mol. The van der Waals surface area contributed by atoms with Crippen molar-refractivity contribution >= 4 is 15.8 Å². The molecule has 0 amide bonds. The first kappa shape index (κ1) is 20.3. The Bertz CT molecular complexity index is 1140. The maximum atomic E-state index is 13.2. The van der Waals surface area contributed by atoms with E-state index in [9.17, 15) is 13.2 Å². The van der Waals surface area contributed by atoms with Gasteiger partial charge in [-0.2, -0.15) is 0 Å². The van der Waals surface area contributed by atoms with Crippen molar-refractivity contribution in [2.45, 2.75) is 16.2 Å². The number of hydrogen-bond acceptors (Lipinski definition) is 6. The van der Waals surface area contributed by atoms with Crippen molar-refractivity contribution in [3.8, 4) is 22.8 Å². The Kier molecular flexibility index (Phi) is 5.84. The van der Waals surface area contributed by atoms with Gasteiger partial charge in [-0.15, -0.1) is 0 Å².